The Morgan fingerprint density at radius 2 is 2.06 bits per heavy atom. The third-order valence-corrected chi connectivity index (χ3v) is 3.38. The highest BCUT2D eigenvalue weighted by molar-refractivity contribution is 7.89. The van der Waals surface area contributed by atoms with Gasteiger partial charge in [0.15, 0.2) is 0 Å². The van der Waals surface area contributed by atoms with E-state index in [9.17, 15) is 8.42 Å². The van der Waals surface area contributed by atoms with Gasteiger partial charge in [0.2, 0.25) is 10.0 Å². The first-order valence-corrected chi connectivity index (χ1v) is 6.66. The molecule has 0 atom stereocenters. The smallest absolute Gasteiger partial charge is 0.240 e. The van der Waals surface area contributed by atoms with Crippen molar-refractivity contribution in [2.24, 2.45) is 5.14 Å². The van der Waals surface area contributed by atoms with Gasteiger partial charge in [0, 0.05) is 12.1 Å². The number of aromatic amines is 1. The molecule has 0 unspecified atom stereocenters. The lowest BCUT2D eigenvalue weighted by Gasteiger charge is -2.09. The van der Waals surface area contributed by atoms with Gasteiger partial charge in [-0.2, -0.15) is 5.10 Å². The Hall–Kier alpha value is -2.06. The van der Waals surface area contributed by atoms with Gasteiger partial charge >= 0.3 is 0 Å². The van der Waals surface area contributed by atoms with Gasteiger partial charge in [-0.15, -0.1) is 0 Å². The van der Waals surface area contributed by atoms with Gasteiger partial charge in [-0.3, -0.25) is 5.10 Å². The lowest BCUT2D eigenvalue weighted by atomic mass is 10.3. The maximum absolute atomic E-state index is 11.4. The van der Waals surface area contributed by atoms with Crippen molar-refractivity contribution in [3.63, 3.8) is 0 Å². The second-order valence-electron chi connectivity index (χ2n) is 3.70. The summed E-state index contributed by atoms with van der Waals surface area (Å²) in [6, 6.07) is 6.40. The lowest BCUT2D eigenvalue weighted by molar-refractivity contribution is 0.598. The number of H-pyrrole nitrogens is 1. The summed E-state index contributed by atoms with van der Waals surface area (Å²) < 4.78 is 22.8. The zero-order chi connectivity index (χ0) is 13.2. The molecule has 0 saturated heterocycles. The summed E-state index contributed by atoms with van der Waals surface area (Å²) in [5.74, 6) is 0.440. The van der Waals surface area contributed by atoms with Crippen LogP contribution in [0.1, 0.15) is 5.56 Å². The number of para-hydroxylation sites is 1. The van der Waals surface area contributed by atoms with E-state index in [-0.39, 0.29) is 4.90 Å². The number of nitrogens with two attached hydrogens (primary N) is 2. The molecule has 0 radical (unpaired) electrons. The van der Waals surface area contributed by atoms with E-state index in [0.717, 1.165) is 5.56 Å². The lowest BCUT2D eigenvalue weighted by Crippen LogP contribution is -2.15. The molecular weight excluding hydrogens is 254 g/mol. The molecule has 1 heterocycles. The van der Waals surface area contributed by atoms with Gasteiger partial charge in [0.25, 0.3) is 0 Å². The first-order valence-electron chi connectivity index (χ1n) is 5.12. The van der Waals surface area contributed by atoms with E-state index >= 15 is 0 Å². The number of primary sulfonamides is 1. The van der Waals surface area contributed by atoms with E-state index in [0.29, 0.717) is 18.1 Å². The van der Waals surface area contributed by atoms with Crippen LogP contribution >= 0.6 is 0 Å². The Balaban J connectivity index is 2.23. The zero-order valence-corrected chi connectivity index (χ0v) is 10.2. The largest absolute Gasteiger partial charge is 0.384 e. The van der Waals surface area contributed by atoms with Crippen molar-refractivity contribution >= 4 is 21.5 Å². The Morgan fingerprint density at radius 3 is 2.67 bits per heavy atom. The van der Waals surface area contributed by atoms with Crippen molar-refractivity contribution in [3.8, 4) is 0 Å². The van der Waals surface area contributed by atoms with Crippen LogP contribution in [0.4, 0.5) is 11.5 Å². The average Bonchev–Trinajstić information content (AvgIpc) is 2.71. The van der Waals surface area contributed by atoms with Gasteiger partial charge in [0.05, 0.1) is 11.9 Å². The second kappa shape index (κ2) is 4.67. The molecule has 18 heavy (non-hydrogen) atoms. The van der Waals surface area contributed by atoms with Crippen molar-refractivity contribution < 1.29 is 8.42 Å². The van der Waals surface area contributed by atoms with E-state index < -0.39 is 10.0 Å². The normalized spacial score (nSPS) is 11.4. The summed E-state index contributed by atoms with van der Waals surface area (Å²) in [7, 11) is -3.75. The molecule has 0 spiro atoms. The molecule has 0 aliphatic rings. The van der Waals surface area contributed by atoms with Crippen LogP contribution in [0.5, 0.6) is 0 Å². The van der Waals surface area contributed by atoms with Crippen LogP contribution in [0.3, 0.4) is 0 Å². The minimum atomic E-state index is -3.75. The fourth-order valence-electron chi connectivity index (χ4n) is 1.51. The summed E-state index contributed by atoms with van der Waals surface area (Å²) in [5.41, 5.74) is 6.81. The highest BCUT2D eigenvalue weighted by atomic mass is 32.2. The Bertz CT molecular complexity index is 650. The van der Waals surface area contributed by atoms with Crippen molar-refractivity contribution in [1.29, 1.82) is 0 Å². The number of sulfonamides is 1. The van der Waals surface area contributed by atoms with Crippen LogP contribution in [0.25, 0.3) is 0 Å². The van der Waals surface area contributed by atoms with Crippen LogP contribution in [-0.4, -0.2) is 18.6 Å². The van der Waals surface area contributed by atoms with Crippen LogP contribution in [0.15, 0.2) is 35.4 Å². The zero-order valence-electron chi connectivity index (χ0n) is 9.42. The van der Waals surface area contributed by atoms with Crippen LogP contribution in [-0.2, 0) is 16.6 Å². The summed E-state index contributed by atoms with van der Waals surface area (Å²) >= 11 is 0. The molecule has 2 aromatic rings. The standard InChI is InChI=1S/C10H13N5O2S/c11-10-7(6-14-15-10)5-13-8-3-1-2-4-9(8)18(12,16)17/h1-4,6,13H,5H2,(H3,11,14,15)(H2,12,16,17). The minimum Gasteiger partial charge on any atom is -0.384 e. The minimum absolute atomic E-state index is 0.0482. The molecule has 8 heteroatoms. The summed E-state index contributed by atoms with van der Waals surface area (Å²) in [6.45, 7) is 0.356. The number of nitrogens with zero attached hydrogens (tertiary/aromatic N) is 1. The Labute approximate surface area is 104 Å². The van der Waals surface area contributed by atoms with E-state index in [2.05, 4.69) is 15.5 Å². The van der Waals surface area contributed by atoms with Crippen LogP contribution in [0, 0.1) is 0 Å². The second-order valence-corrected chi connectivity index (χ2v) is 5.23. The van der Waals surface area contributed by atoms with Gasteiger partial charge < -0.3 is 11.1 Å². The van der Waals surface area contributed by atoms with Crippen molar-refractivity contribution in [2.45, 2.75) is 11.4 Å². The molecule has 1 aromatic carbocycles. The molecule has 0 amide bonds. The number of rotatable bonds is 4. The summed E-state index contributed by atoms with van der Waals surface area (Å²) in [4.78, 5) is 0.0482. The molecule has 2 rings (SSSR count). The fraction of sp³-hybridized carbons (Fsp3) is 0.100. The molecule has 0 saturated carbocycles. The monoisotopic (exact) mass is 267 g/mol. The van der Waals surface area contributed by atoms with Crippen molar-refractivity contribution in [2.75, 3.05) is 11.1 Å². The maximum Gasteiger partial charge on any atom is 0.240 e. The average molecular weight is 267 g/mol. The van der Waals surface area contributed by atoms with E-state index in [4.69, 9.17) is 10.9 Å². The molecule has 0 aliphatic carbocycles. The SMILES string of the molecule is Nc1[nH]ncc1CNc1ccccc1S(N)(=O)=O. The quantitative estimate of drug-likeness (QED) is 0.631. The third-order valence-electron chi connectivity index (χ3n) is 2.41. The molecule has 0 fully saturated rings. The number of nitrogens with one attached hydrogen (secondary N) is 2. The Morgan fingerprint density at radius 1 is 1.33 bits per heavy atom. The number of aromatic nitrogens is 2. The predicted octanol–water partition coefficient (Wildman–Crippen LogP) is 0.251. The van der Waals surface area contributed by atoms with Crippen LogP contribution in [0.2, 0.25) is 0 Å². The molecule has 7 nitrogen and oxygen atoms in total. The van der Waals surface area contributed by atoms with E-state index in [1.54, 1.807) is 24.4 Å². The molecule has 96 valence electrons. The van der Waals surface area contributed by atoms with Gasteiger partial charge in [-0.25, -0.2) is 13.6 Å². The molecule has 0 aliphatic heterocycles. The fourth-order valence-corrected chi connectivity index (χ4v) is 2.23. The van der Waals surface area contributed by atoms with Gasteiger partial charge in [-0.05, 0) is 12.1 Å². The highest BCUT2D eigenvalue weighted by Gasteiger charge is 2.13. The van der Waals surface area contributed by atoms with E-state index in [1.807, 2.05) is 0 Å². The molecule has 0 bridgehead atoms. The van der Waals surface area contributed by atoms with Crippen molar-refractivity contribution in [1.82, 2.24) is 10.2 Å². The van der Waals surface area contributed by atoms with Gasteiger partial charge in [0.1, 0.15) is 10.7 Å². The number of nitrogen functional groups attached to an aromatic ring is 1. The number of hydrogen-bond donors (Lipinski definition) is 4. The van der Waals surface area contributed by atoms with Gasteiger partial charge in [-0.1, -0.05) is 12.1 Å². The third kappa shape index (κ3) is 2.60. The number of anilines is 2. The summed E-state index contributed by atoms with van der Waals surface area (Å²) in [6.07, 6.45) is 1.57. The Kier molecular flexibility index (Phi) is 3.21. The topological polar surface area (TPSA) is 127 Å². The maximum atomic E-state index is 11.4. The van der Waals surface area contributed by atoms with Crippen molar-refractivity contribution in [3.05, 3.63) is 36.0 Å². The summed E-state index contributed by atoms with van der Waals surface area (Å²) in [5, 5.41) is 14.5. The molecule has 1 aromatic heterocycles. The highest BCUT2D eigenvalue weighted by Crippen LogP contribution is 2.20. The molecule has 6 N–H and O–H groups in total. The first-order chi connectivity index (χ1) is 8.48. The predicted molar refractivity (Wildman–Crippen MR) is 68.1 cm³/mol. The number of hydrogen-bond acceptors (Lipinski definition) is 5. The molecular formula is C10H13N5O2S. The number of benzene rings is 1. The first kappa shape index (κ1) is 12.4. The van der Waals surface area contributed by atoms with Crippen LogP contribution < -0.4 is 16.2 Å². The van der Waals surface area contributed by atoms with E-state index in [1.165, 1.54) is 6.07 Å².